The van der Waals surface area contributed by atoms with Crippen molar-refractivity contribution in [3.05, 3.63) is 59.7 Å². The maximum Gasteiger partial charge on any atom is 0.305 e. The average Bonchev–Trinajstić information content (AvgIpc) is 3.26. The molecule has 0 bridgehead atoms. The fraction of sp³-hybridized carbons (Fsp3) is 0.646. The Bertz CT molecular complexity index is 1670. The number of unbranched alkanes of at least 4 members (excludes halogenated alkanes) is 6. The minimum atomic E-state index is -2.42. The predicted octanol–water partition coefficient (Wildman–Crippen LogP) is 6.71. The number of hydrogen-bond donors (Lipinski definition) is 2. The molecule has 0 aliphatic heterocycles. The van der Waals surface area contributed by atoms with Crippen molar-refractivity contribution in [3.8, 4) is 11.5 Å². The molecule has 366 valence electrons. The van der Waals surface area contributed by atoms with Gasteiger partial charge in [-0.25, -0.2) is 0 Å². The van der Waals surface area contributed by atoms with Gasteiger partial charge in [0.1, 0.15) is 55.7 Å². The molecule has 65 heavy (non-hydrogen) atoms. The largest absolute Gasteiger partial charge is 0.490 e. The standard InChI is InChI=1S/C48H74O16Si/c1-47(2,54)45(52)38-19-23-40(24-20-38)59-32-34-62-43(50)17-11-8-14-28-58-37-65(6,36-57-27-13-7-10-16-42(49)61-31-30-56-5)64-29-15-9-12-18-44(51)63-35-33-60-41-25-21-39(22-26-41)46(53)48(3,4)55/h19-26,54-55H,7-18,27-37H2,1-6H3. The van der Waals surface area contributed by atoms with Crippen molar-refractivity contribution in [1.29, 1.82) is 0 Å². The molecule has 0 radical (unpaired) electrons. The molecule has 0 saturated heterocycles. The first-order valence-corrected chi connectivity index (χ1v) is 25.5. The molecule has 2 aromatic carbocycles. The van der Waals surface area contributed by atoms with Gasteiger partial charge in [0.25, 0.3) is 0 Å². The molecule has 0 heterocycles. The van der Waals surface area contributed by atoms with E-state index in [1.165, 1.54) is 27.7 Å². The minimum Gasteiger partial charge on any atom is -0.490 e. The second kappa shape index (κ2) is 31.6. The number of ketones is 2. The number of hydrogen-bond acceptors (Lipinski definition) is 16. The van der Waals surface area contributed by atoms with Gasteiger partial charge in [0.15, 0.2) is 11.6 Å². The van der Waals surface area contributed by atoms with E-state index in [1.54, 1.807) is 55.6 Å². The van der Waals surface area contributed by atoms with Crippen LogP contribution >= 0.6 is 0 Å². The van der Waals surface area contributed by atoms with Crippen LogP contribution < -0.4 is 9.47 Å². The Morgan fingerprint density at radius 2 is 0.831 bits per heavy atom. The van der Waals surface area contributed by atoms with Crippen LogP contribution in [-0.2, 0) is 47.2 Å². The third-order valence-electron chi connectivity index (χ3n) is 9.75. The molecule has 0 saturated carbocycles. The Morgan fingerprint density at radius 3 is 1.18 bits per heavy atom. The second-order valence-electron chi connectivity index (χ2n) is 17.0. The van der Waals surface area contributed by atoms with E-state index in [-0.39, 0.29) is 75.4 Å². The number of methoxy groups -OCH3 is 1. The summed E-state index contributed by atoms with van der Waals surface area (Å²) >= 11 is 0. The quantitative estimate of drug-likeness (QED) is 0.0236. The normalized spacial score (nSPS) is 12.6. The number of carbonyl (C=O) groups is 5. The van der Waals surface area contributed by atoms with Crippen LogP contribution in [0.15, 0.2) is 48.5 Å². The van der Waals surface area contributed by atoms with Crippen molar-refractivity contribution >= 4 is 37.8 Å². The van der Waals surface area contributed by atoms with E-state index in [0.29, 0.717) is 87.2 Å². The highest BCUT2D eigenvalue weighted by Gasteiger charge is 2.30. The number of esters is 3. The van der Waals surface area contributed by atoms with E-state index < -0.39 is 19.5 Å². The van der Waals surface area contributed by atoms with Crippen LogP contribution in [0.25, 0.3) is 0 Å². The van der Waals surface area contributed by atoms with Crippen molar-refractivity contribution in [2.45, 2.75) is 122 Å². The van der Waals surface area contributed by atoms with Gasteiger partial charge < -0.3 is 52.5 Å². The fourth-order valence-electron chi connectivity index (χ4n) is 6.07. The third-order valence-corrected chi connectivity index (χ3v) is 12.3. The highest BCUT2D eigenvalue weighted by atomic mass is 28.4. The molecule has 2 N–H and O–H groups in total. The highest BCUT2D eigenvalue weighted by Crippen LogP contribution is 2.19. The topological polar surface area (TPSA) is 209 Å². The number of rotatable bonds is 38. The zero-order valence-electron chi connectivity index (χ0n) is 39.5. The molecule has 0 aromatic heterocycles. The first-order valence-electron chi connectivity index (χ1n) is 22.7. The molecular weight excluding hydrogens is 861 g/mol. The van der Waals surface area contributed by atoms with E-state index in [4.69, 9.17) is 42.3 Å². The van der Waals surface area contributed by atoms with E-state index in [9.17, 15) is 34.2 Å². The summed E-state index contributed by atoms with van der Waals surface area (Å²) in [5.74, 6) is -0.571. The lowest BCUT2D eigenvalue weighted by molar-refractivity contribution is -0.145. The second-order valence-corrected chi connectivity index (χ2v) is 20.8. The van der Waals surface area contributed by atoms with Crippen LogP contribution in [-0.4, -0.2) is 138 Å². The molecule has 16 nitrogen and oxygen atoms in total. The Balaban J connectivity index is 1.65. The minimum absolute atomic E-state index is 0.0938. The van der Waals surface area contributed by atoms with Gasteiger partial charge in [-0.05, 0) is 121 Å². The van der Waals surface area contributed by atoms with Gasteiger partial charge >= 0.3 is 17.9 Å². The van der Waals surface area contributed by atoms with E-state index in [1.807, 2.05) is 0 Å². The third kappa shape index (κ3) is 26.5. The summed E-state index contributed by atoms with van der Waals surface area (Å²) in [6.45, 7) is 10.5. The Morgan fingerprint density at radius 1 is 0.477 bits per heavy atom. The lowest BCUT2D eigenvalue weighted by atomic mass is 9.97. The van der Waals surface area contributed by atoms with Gasteiger partial charge in [-0.1, -0.05) is 19.3 Å². The molecule has 2 rings (SSSR count). The summed E-state index contributed by atoms with van der Waals surface area (Å²) in [6.07, 6.45) is 8.55. The zero-order valence-corrected chi connectivity index (χ0v) is 40.5. The van der Waals surface area contributed by atoms with Gasteiger partial charge in [0, 0.05) is 57.3 Å². The van der Waals surface area contributed by atoms with Gasteiger partial charge in [-0.2, -0.15) is 0 Å². The van der Waals surface area contributed by atoms with Crippen LogP contribution in [0.4, 0.5) is 0 Å². The average molecular weight is 935 g/mol. The molecule has 0 spiro atoms. The smallest absolute Gasteiger partial charge is 0.305 e. The molecule has 2 aromatic rings. The van der Waals surface area contributed by atoms with E-state index in [0.717, 1.165) is 38.5 Å². The van der Waals surface area contributed by atoms with Crippen molar-refractivity contribution in [3.63, 3.8) is 0 Å². The molecule has 0 aliphatic rings. The lowest BCUT2D eigenvalue weighted by Crippen LogP contribution is -2.46. The van der Waals surface area contributed by atoms with Crippen molar-refractivity contribution in [2.75, 3.05) is 79.0 Å². The SMILES string of the molecule is COCCOC(=O)CCCCCOC[Si](C)(COCCCCCC(=O)OCCOc1ccc(C(=O)C(C)(C)O)cc1)OCCCCCC(=O)OCCOc1ccc(C(=O)C(C)(C)O)cc1. The van der Waals surface area contributed by atoms with Crippen LogP contribution in [0.5, 0.6) is 11.5 Å². The number of Topliss-reactive ketones (excluding diaryl/α,β-unsaturated/α-hetero) is 2. The van der Waals surface area contributed by atoms with Crippen molar-refractivity contribution < 1.29 is 76.5 Å². The van der Waals surface area contributed by atoms with Crippen LogP contribution in [0.1, 0.15) is 125 Å². The Labute approximate surface area is 386 Å². The Hall–Kier alpha value is -4.23. The lowest BCUT2D eigenvalue weighted by Gasteiger charge is -2.27. The fourth-order valence-corrected chi connectivity index (χ4v) is 8.10. The number of ether oxygens (including phenoxy) is 8. The number of benzene rings is 2. The Kier molecular flexibility index (Phi) is 27.7. The van der Waals surface area contributed by atoms with E-state index >= 15 is 0 Å². The molecule has 0 fully saturated rings. The molecule has 1 atom stereocenters. The zero-order chi connectivity index (χ0) is 48.0. The van der Waals surface area contributed by atoms with Crippen LogP contribution in [0.2, 0.25) is 6.55 Å². The first kappa shape index (κ1) is 56.9. The molecule has 0 amide bonds. The molecular formula is C48H74O16Si. The van der Waals surface area contributed by atoms with Crippen molar-refractivity contribution in [2.24, 2.45) is 0 Å². The number of aliphatic hydroxyl groups is 2. The van der Waals surface area contributed by atoms with Gasteiger partial charge in [-0.15, -0.1) is 0 Å². The maximum atomic E-state index is 12.3. The predicted molar refractivity (Wildman–Crippen MR) is 244 cm³/mol. The summed E-state index contributed by atoms with van der Waals surface area (Å²) in [4.78, 5) is 60.7. The first-order chi connectivity index (χ1) is 30.9. The summed E-state index contributed by atoms with van der Waals surface area (Å²) in [5, 5.41) is 19.8. The molecule has 17 heteroatoms. The maximum absolute atomic E-state index is 12.3. The summed E-state index contributed by atoms with van der Waals surface area (Å²) in [7, 11) is -0.867. The molecule has 0 aliphatic carbocycles. The van der Waals surface area contributed by atoms with Crippen LogP contribution in [0.3, 0.4) is 0 Å². The molecule has 1 unspecified atom stereocenters. The van der Waals surface area contributed by atoms with Crippen molar-refractivity contribution in [1.82, 2.24) is 0 Å². The van der Waals surface area contributed by atoms with Gasteiger partial charge in [-0.3, -0.25) is 24.0 Å². The summed E-state index contributed by atoms with van der Waals surface area (Å²) in [6, 6.07) is 12.9. The summed E-state index contributed by atoms with van der Waals surface area (Å²) < 4.78 is 50.4. The van der Waals surface area contributed by atoms with E-state index in [2.05, 4.69) is 6.55 Å². The summed E-state index contributed by atoms with van der Waals surface area (Å²) in [5.41, 5.74) is -2.17. The van der Waals surface area contributed by atoms with Crippen LogP contribution in [0, 0.1) is 0 Å². The van der Waals surface area contributed by atoms with Gasteiger partial charge in [0.2, 0.25) is 8.32 Å². The monoisotopic (exact) mass is 934 g/mol. The highest BCUT2D eigenvalue weighted by molar-refractivity contribution is 6.72. The number of carbonyl (C=O) groups excluding carboxylic acids is 5. The van der Waals surface area contributed by atoms with Gasteiger partial charge in [0.05, 0.1) is 19.1 Å².